The second-order valence-corrected chi connectivity index (χ2v) is 6.77. The van der Waals surface area contributed by atoms with Crippen LogP contribution in [0.15, 0.2) is 12.1 Å². The number of anilines is 2. The van der Waals surface area contributed by atoms with Crippen LogP contribution in [0.4, 0.5) is 11.5 Å². The predicted molar refractivity (Wildman–Crippen MR) is 104 cm³/mol. The molecule has 0 atom stereocenters. The second-order valence-electron chi connectivity index (χ2n) is 6.41. The third-order valence-corrected chi connectivity index (χ3v) is 4.48. The lowest BCUT2D eigenvalue weighted by Crippen LogP contribution is -2.32. The first-order valence-electron chi connectivity index (χ1n) is 8.34. The van der Waals surface area contributed by atoms with Gasteiger partial charge in [-0.2, -0.15) is 0 Å². The quantitative estimate of drug-likeness (QED) is 0.819. The van der Waals surface area contributed by atoms with Gasteiger partial charge in [-0.25, -0.2) is 9.97 Å². The molecule has 0 spiro atoms. The number of nitrogens with one attached hydrogen (secondary N) is 1. The van der Waals surface area contributed by atoms with Crippen LogP contribution in [-0.4, -0.2) is 29.5 Å². The molecule has 2 rings (SSSR count). The Morgan fingerprint density at radius 1 is 1.16 bits per heavy atom. The Hall–Kier alpha value is -2.14. The van der Waals surface area contributed by atoms with Gasteiger partial charge in [-0.05, 0) is 38.8 Å². The number of rotatable bonds is 5. The molecule has 0 fully saturated rings. The van der Waals surface area contributed by atoms with Crippen LogP contribution < -0.4 is 10.2 Å². The van der Waals surface area contributed by atoms with E-state index in [-0.39, 0.29) is 12.5 Å². The van der Waals surface area contributed by atoms with E-state index in [9.17, 15) is 4.79 Å². The fraction of sp³-hybridized carbons (Fsp3) is 0.421. The Morgan fingerprint density at radius 3 is 2.32 bits per heavy atom. The topological polar surface area (TPSA) is 58.1 Å². The molecule has 5 nitrogen and oxygen atoms in total. The van der Waals surface area contributed by atoms with Crippen molar-refractivity contribution in [3.8, 4) is 0 Å². The zero-order valence-corrected chi connectivity index (χ0v) is 16.5. The first-order valence-corrected chi connectivity index (χ1v) is 8.72. The van der Waals surface area contributed by atoms with E-state index >= 15 is 0 Å². The zero-order valence-electron chi connectivity index (χ0n) is 15.7. The minimum Gasteiger partial charge on any atom is -0.350 e. The van der Waals surface area contributed by atoms with Crippen molar-refractivity contribution in [1.82, 2.24) is 9.97 Å². The molecule has 6 heteroatoms. The van der Waals surface area contributed by atoms with Gasteiger partial charge in [0.2, 0.25) is 5.91 Å². The largest absolute Gasteiger partial charge is 0.350 e. The number of nitrogens with zero attached hydrogens (tertiary/aromatic N) is 3. The van der Waals surface area contributed by atoms with Gasteiger partial charge in [-0.3, -0.25) is 4.79 Å². The molecule has 0 unspecified atom stereocenters. The van der Waals surface area contributed by atoms with E-state index in [4.69, 9.17) is 11.6 Å². The highest BCUT2D eigenvalue weighted by atomic mass is 35.5. The lowest BCUT2D eigenvalue weighted by molar-refractivity contribution is -0.114. The van der Waals surface area contributed by atoms with Gasteiger partial charge in [-0.1, -0.05) is 36.2 Å². The Labute approximate surface area is 154 Å². The average Bonchev–Trinajstić information content (AvgIpc) is 2.53. The van der Waals surface area contributed by atoms with Crippen LogP contribution in [0.2, 0.25) is 5.15 Å². The molecular formula is C19H25ClN4O. The van der Waals surface area contributed by atoms with Gasteiger partial charge in [0.15, 0.2) is 0 Å². The van der Waals surface area contributed by atoms with Crippen LogP contribution in [0.5, 0.6) is 0 Å². The summed E-state index contributed by atoms with van der Waals surface area (Å²) in [6, 6.07) is 4.13. The van der Waals surface area contributed by atoms with Crippen molar-refractivity contribution < 1.29 is 4.79 Å². The van der Waals surface area contributed by atoms with Crippen molar-refractivity contribution in [3.05, 3.63) is 45.4 Å². The van der Waals surface area contributed by atoms with E-state index < -0.39 is 0 Å². The Balaban J connectivity index is 2.17. The van der Waals surface area contributed by atoms with Crippen LogP contribution in [0.3, 0.4) is 0 Å². The van der Waals surface area contributed by atoms with Gasteiger partial charge >= 0.3 is 0 Å². The van der Waals surface area contributed by atoms with Gasteiger partial charge in [0.05, 0.1) is 6.54 Å². The number of hydrogen-bond acceptors (Lipinski definition) is 4. The third kappa shape index (κ3) is 4.48. The highest BCUT2D eigenvalue weighted by Crippen LogP contribution is 2.24. The fourth-order valence-electron chi connectivity index (χ4n) is 2.90. The average molecular weight is 361 g/mol. The van der Waals surface area contributed by atoms with Gasteiger partial charge in [0, 0.05) is 24.7 Å². The Kier molecular flexibility index (Phi) is 6.01. The number of aryl methyl sites for hydroxylation is 4. The smallest absolute Gasteiger partial charge is 0.243 e. The minimum absolute atomic E-state index is 0.0928. The normalized spacial score (nSPS) is 10.7. The standard InChI is InChI=1S/C19H25ClN4O/c1-7-15-21-18(20)14(5)19(22-15)24(6)10-16(25)23-17-12(3)8-11(2)9-13(17)4/h8-9H,7,10H2,1-6H3,(H,23,25). The lowest BCUT2D eigenvalue weighted by atomic mass is 10.1. The monoisotopic (exact) mass is 360 g/mol. The molecule has 1 amide bonds. The van der Waals surface area contributed by atoms with Crippen molar-refractivity contribution in [1.29, 1.82) is 0 Å². The fourth-order valence-corrected chi connectivity index (χ4v) is 3.08. The van der Waals surface area contributed by atoms with Gasteiger partial charge in [-0.15, -0.1) is 0 Å². The summed E-state index contributed by atoms with van der Waals surface area (Å²) in [7, 11) is 1.83. The first-order chi connectivity index (χ1) is 11.7. The maximum Gasteiger partial charge on any atom is 0.243 e. The predicted octanol–water partition coefficient (Wildman–Crippen LogP) is 4.00. The molecule has 0 saturated carbocycles. The van der Waals surface area contributed by atoms with Crippen molar-refractivity contribution >= 4 is 29.0 Å². The van der Waals surface area contributed by atoms with E-state index in [0.29, 0.717) is 23.2 Å². The number of carbonyl (C=O) groups excluding carboxylic acids is 1. The molecule has 1 N–H and O–H groups in total. The molecule has 1 aromatic heterocycles. The molecule has 2 aromatic rings. The van der Waals surface area contributed by atoms with Crippen molar-refractivity contribution in [2.75, 3.05) is 23.8 Å². The van der Waals surface area contributed by atoms with Crippen LogP contribution in [0.25, 0.3) is 0 Å². The van der Waals surface area contributed by atoms with Gasteiger partial charge < -0.3 is 10.2 Å². The Morgan fingerprint density at radius 2 is 1.76 bits per heavy atom. The van der Waals surface area contributed by atoms with Gasteiger partial charge in [0.25, 0.3) is 0 Å². The summed E-state index contributed by atoms with van der Waals surface area (Å²) in [4.78, 5) is 23.1. The molecule has 1 aromatic carbocycles. The van der Waals surface area contributed by atoms with Crippen LogP contribution in [-0.2, 0) is 11.2 Å². The van der Waals surface area contributed by atoms with Crippen LogP contribution >= 0.6 is 11.6 Å². The third-order valence-electron chi connectivity index (χ3n) is 4.11. The molecule has 0 bridgehead atoms. The highest BCUT2D eigenvalue weighted by Gasteiger charge is 2.16. The molecule has 0 aliphatic heterocycles. The summed E-state index contributed by atoms with van der Waals surface area (Å²) in [6.07, 6.45) is 0.689. The Bertz CT molecular complexity index is 781. The van der Waals surface area contributed by atoms with E-state index in [2.05, 4.69) is 27.4 Å². The number of benzene rings is 1. The summed E-state index contributed by atoms with van der Waals surface area (Å²) in [5.74, 6) is 1.26. The molecule has 0 aliphatic carbocycles. The van der Waals surface area contributed by atoms with Crippen LogP contribution in [0, 0.1) is 27.7 Å². The summed E-state index contributed by atoms with van der Waals surface area (Å²) in [6.45, 7) is 10.1. The summed E-state index contributed by atoms with van der Waals surface area (Å²) < 4.78 is 0. The van der Waals surface area contributed by atoms with E-state index in [0.717, 1.165) is 22.4 Å². The first kappa shape index (κ1) is 19.2. The number of hydrogen-bond donors (Lipinski definition) is 1. The van der Waals surface area contributed by atoms with Crippen molar-refractivity contribution in [2.45, 2.75) is 41.0 Å². The SMILES string of the molecule is CCc1nc(Cl)c(C)c(N(C)CC(=O)Nc2c(C)cc(C)cc2C)n1. The molecule has 25 heavy (non-hydrogen) atoms. The molecule has 1 heterocycles. The number of amides is 1. The van der Waals surface area contributed by atoms with Crippen LogP contribution in [0.1, 0.15) is 35.0 Å². The van der Waals surface area contributed by atoms with E-state index in [1.165, 1.54) is 5.56 Å². The summed E-state index contributed by atoms with van der Waals surface area (Å²) >= 11 is 6.19. The van der Waals surface area contributed by atoms with E-state index in [1.54, 1.807) is 4.90 Å². The second kappa shape index (κ2) is 7.83. The molecular weight excluding hydrogens is 336 g/mol. The zero-order chi connectivity index (χ0) is 18.7. The molecule has 0 radical (unpaired) electrons. The van der Waals surface area contributed by atoms with Crippen molar-refractivity contribution in [3.63, 3.8) is 0 Å². The molecule has 134 valence electrons. The maximum absolute atomic E-state index is 12.5. The number of likely N-dealkylation sites (N-methyl/N-ethyl adjacent to an activating group) is 1. The summed E-state index contributed by atoms with van der Waals surface area (Å²) in [5, 5.41) is 3.44. The number of carbonyl (C=O) groups is 1. The maximum atomic E-state index is 12.5. The minimum atomic E-state index is -0.0928. The summed E-state index contributed by atoms with van der Waals surface area (Å²) in [5.41, 5.74) is 4.95. The number of aromatic nitrogens is 2. The van der Waals surface area contributed by atoms with E-state index in [1.807, 2.05) is 41.7 Å². The van der Waals surface area contributed by atoms with Gasteiger partial charge in [0.1, 0.15) is 16.8 Å². The molecule has 0 aliphatic rings. The van der Waals surface area contributed by atoms with Crippen molar-refractivity contribution in [2.24, 2.45) is 0 Å². The number of halogens is 1. The lowest BCUT2D eigenvalue weighted by Gasteiger charge is -2.21. The highest BCUT2D eigenvalue weighted by molar-refractivity contribution is 6.30. The molecule has 0 saturated heterocycles.